The molecule has 0 spiro atoms. The van der Waals surface area contributed by atoms with Gasteiger partial charge in [0.2, 0.25) is 0 Å². The molecule has 2 aromatic rings. The second-order valence-corrected chi connectivity index (χ2v) is 6.30. The van der Waals surface area contributed by atoms with Crippen LogP contribution < -0.4 is 10.7 Å². The van der Waals surface area contributed by atoms with E-state index in [9.17, 15) is 14.9 Å². The van der Waals surface area contributed by atoms with E-state index in [4.69, 9.17) is 4.42 Å². The number of aryl methyl sites for hydroxylation is 1. The second-order valence-electron chi connectivity index (χ2n) is 5.20. The molecule has 24 heavy (non-hydrogen) atoms. The summed E-state index contributed by atoms with van der Waals surface area (Å²) >= 11 is 1.37. The lowest BCUT2D eigenvalue weighted by Gasteiger charge is -2.09. The molecule has 1 aliphatic rings. The molecule has 2 heterocycles. The first-order valence-corrected chi connectivity index (χ1v) is 8.23. The molecule has 122 valence electrons. The quantitative estimate of drug-likeness (QED) is 0.506. The number of nitrogens with zero attached hydrogens (tertiary/aromatic N) is 2. The van der Waals surface area contributed by atoms with E-state index < -0.39 is 11.8 Å². The zero-order chi connectivity index (χ0) is 16.9. The van der Waals surface area contributed by atoms with Crippen molar-refractivity contribution in [2.24, 2.45) is 5.10 Å². The Morgan fingerprint density at radius 3 is 2.92 bits per heavy atom. The van der Waals surface area contributed by atoms with E-state index in [0.717, 1.165) is 36.1 Å². The Hall–Kier alpha value is -2.92. The van der Waals surface area contributed by atoms with Crippen LogP contribution in [0, 0.1) is 11.3 Å². The molecule has 2 aromatic heterocycles. The van der Waals surface area contributed by atoms with Crippen LogP contribution in [-0.2, 0) is 22.4 Å². The minimum atomic E-state index is -0.909. The minimum absolute atomic E-state index is 0.430. The van der Waals surface area contributed by atoms with Gasteiger partial charge in [-0.3, -0.25) is 9.59 Å². The highest BCUT2D eigenvalue weighted by atomic mass is 32.1. The first-order valence-electron chi connectivity index (χ1n) is 7.41. The Bertz CT molecular complexity index is 830. The number of anilines is 1. The minimum Gasteiger partial charge on any atom is -0.463 e. The number of hydrazone groups is 1. The van der Waals surface area contributed by atoms with Crippen LogP contribution in [0.1, 0.15) is 34.6 Å². The van der Waals surface area contributed by atoms with Crippen LogP contribution in [-0.4, -0.2) is 18.0 Å². The van der Waals surface area contributed by atoms with Gasteiger partial charge in [0, 0.05) is 4.88 Å². The molecule has 8 heteroatoms. The fourth-order valence-corrected chi connectivity index (χ4v) is 3.74. The molecule has 0 aromatic carbocycles. The van der Waals surface area contributed by atoms with Gasteiger partial charge in [-0.15, -0.1) is 11.3 Å². The largest absolute Gasteiger partial charge is 0.463 e. The van der Waals surface area contributed by atoms with E-state index in [1.807, 2.05) is 0 Å². The van der Waals surface area contributed by atoms with Gasteiger partial charge in [-0.25, -0.2) is 5.43 Å². The van der Waals surface area contributed by atoms with Crippen LogP contribution >= 0.6 is 11.3 Å². The van der Waals surface area contributed by atoms with E-state index in [0.29, 0.717) is 16.3 Å². The number of nitrogens with one attached hydrogen (secondary N) is 2. The summed E-state index contributed by atoms with van der Waals surface area (Å²) in [5.41, 5.74) is 3.59. The van der Waals surface area contributed by atoms with E-state index >= 15 is 0 Å². The fourth-order valence-electron chi connectivity index (χ4n) is 2.50. The molecule has 3 rings (SSSR count). The van der Waals surface area contributed by atoms with Gasteiger partial charge < -0.3 is 9.73 Å². The maximum atomic E-state index is 12.0. The number of fused-ring (bicyclic) bond motifs is 1. The Kier molecular flexibility index (Phi) is 4.72. The number of hydrogen-bond acceptors (Lipinski definition) is 6. The molecule has 0 saturated heterocycles. The molecule has 0 atom stereocenters. The molecular weight excluding hydrogens is 328 g/mol. The lowest BCUT2D eigenvalue weighted by atomic mass is 9.96. The number of nitriles is 1. The number of thiophene rings is 1. The maximum Gasteiger partial charge on any atom is 0.329 e. The van der Waals surface area contributed by atoms with E-state index in [1.54, 1.807) is 12.1 Å². The van der Waals surface area contributed by atoms with Crippen molar-refractivity contribution < 1.29 is 14.0 Å². The third-order valence-electron chi connectivity index (χ3n) is 3.62. The summed E-state index contributed by atoms with van der Waals surface area (Å²) in [6, 6.07) is 5.47. The average molecular weight is 342 g/mol. The van der Waals surface area contributed by atoms with Gasteiger partial charge in [0.15, 0.2) is 0 Å². The molecule has 0 saturated carbocycles. The molecule has 0 aliphatic heterocycles. The molecule has 2 N–H and O–H groups in total. The van der Waals surface area contributed by atoms with Gasteiger partial charge >= 0.3 is 11.8 Å². The Morgan fingerprint density at radius 1 is 1.33 bits per heavy atom. The standard InChI is InChI=1S/C16H14N4O3S/c17-8-12-11-5-1-2-6-13(11)24-16(12)19-14(21)15(22)20-18-9-10-4-3-7-23-10/h3-4,7,9H,1-2,5-6H2,(H,19,21)(H,20,22)/b18-9-. The van der Waals surface area contributed by atoms with Crippen LogP contribution in [0.2, 0.25) is 0 Å². The van der Waals surface area contributed by atoms with Crippen LogP contribution in [0.25, 0.3) is 0 Å². The van der Waals surface area contributed by atoms with E-state index in [-0.39, 0.29) is 0 Å². The van der Waals surface area contributed by atoms with Gasteiger partial charge in [-0.05, 0) is 43.4 Å². The number of amides is 2. The van der Waals surface area contributed by atoms with Gasteiger partial charge in [0.05, 0.1) is 18.0 Å². The lowest BCUT2D eigenvalue weighted by molar-refractivity contribution is -0.136. The van der Waals surface area contributed by atoms with E-state index in [2.05, 4.69) is 21.9 Å². The van der Waals surface area contributed by atoms with Crippen molar-refractivity contribution in [3.8, 4) is 6.07 Å². The molecular formula is C16H14N4O3S. The normalized spacial score (nSPS) is 13.3. The summed E-state index contributed by atoms with van der Waals surface area (Å²) in [7, 11) is 0. The second kappa shape index (κ2) is 7.10. The number of carbonyl (C=O) groups excluding carboxylic acids is 2. The number of rotatable bonds is 3. The van der Waals surface area contributed by atoms with Gasteiger partial charge in [0.1, 0.15) is 16.8 Å². The van der Waals surface area contributed by atoms with Crippen LogP contribution in [0.3, 0.4) is 0 Å². The van der Waals surface area contributed by atoms with Crippen molar-refractivity contribution in [1.82, 2.24) is 5.43 Å². The summed E-state index contributed by atoms with van der Waals surface area (Å²) in [5.74, 6) is -1.32. The first-order chi connectivity index (χ1) is 11.7. The Balaban J connectivity index is 1.65. The fraction of sp³-hybridized carbons (Fsp3) is 0.250. The first kappa shape index (κ1) is 16.0. The van der Waals surface area contributed by atoms with Crippen LogP contribution in [0.5, 0.6) is 0 Å². The molecule has 0 radical (unpaired) electrons. The van der Waals surface area contributed by atoms with Crippen molar-refractivity contribution >= 4 is 34.4 Å². The SMILES string of the molecule is N#Cc1c(NC(=O)C(=O)N/N=C\c2ccco2)sc2c1CCCC2. The third kappa shape index (κ3) is 3.36. The average Bonchev–Trinajstić information content (AvgIpc) is 3.21. The van der Waals surface area contributed by atoms with E-state index in [1.165, 1.54) is 23.8 Å². The highest BCUT2D eigenvalue weighted by Gasteiger charge is 2.23. The number of furan rings is 1. The number of carbonyl (C=O) groups is 2. The monoisotopic (exact) mass is 342 g/mol. The van der Waals surface area contributed by atoms with Crippen molar-refractivity contribution in [1.29, 1.82) is 5.26 Å². The van der Waals surface area contributed by atoms with Crippen LogP contribution in [0.15, 0.2) is 27.9 Å². The molecule has 1 aliphatic carbocycles. The van der Waals surface area contributed by atoms with Crippen LogP contribution in [0.4, 0.5) is 5.00 Å². The summed E-state index contributed by atoms with van der Waals surface area (Å²) < 4.78 is 5.01. The van der Waals surface area contributed by atoms with Gasteiger partial charge in [-0.1, -0.05) is 0 Å². The highest BCUT2D eigenvalue weighted by Crippen LogP contribution is 2.37. The summed E-state index contributed by atoms with van der Waals surface area (Å²) in [6.45, 7) is 0. The van der Waals surface area contributed by atoms with Crippen molar-refractivity contribution in [3.05, 3.63) is 40.2 Å². The van der Waals surface area contributed by atoms with Crippen molar-refractivity contribution in [3.63, 3.8) is 0 Å². The molecule has 0 fully saturated rings. The predicted molar refractivity (Wildman–Crippen MR) is 88.8 cm³/mol. The third-order valence-corrected chi connectivity index (χ3v) is 4.82. The molecule has 0 bridgehead atoms. The number of hydrogen-bond donors (Lipinski definition) is 2. The zero-order valence-corrected chi connectivity index (χ0v) is 13.5. The van der Waals surface area contributed by atoms with Crippen molar-refractivity contribution in [2.45, 2.75) is 25.7 Å². The summed E-state index contributed by atoms with van der Waals surface area (Å²) in [4.78, 5) is 24.9. The predicted octanol–water partition coefficient (Wildman–Crippen LogP) is 2.18. The molecule has 7 nitrogen and oxygen atoms in total. The smallest absolute Gasteiger partial charge is 0.329 e. The molecule has 0 unspecified atom stereocenters. The van der Waals surface area contributed by atoms with Gasteiger partial charge in [-0.2, -0.15) is 10.4 Å². The zero-order valence-electron chi connectivity index (χ0n) is 12.7. The van der Waals surface area contributed by atoms with Crippen molar-refractivity contribution in [2.75, 3.05) is 5.32 Å². The summed E-state index contributed by atoms with van der Waals surface area (Å²) in [6.07, 6.45) is 6.61. The van der Waals surface area contributed by atoms with Gasteiger partial charge in [0.25, 0.3) is 0 Å². The topological polar surface area (TPSA) is 107 Å². The Morgan fingerprint density at radius 2 is 2.17 bits per heavy atom. The Labute approximate surface area is 142 Å². The summed E-state index contributed by atoms with van der Waals surface area (Å²) in [5, 5.41) is 15.9. The molecule has 2 amide bonds. The lowest BCUT2D eigenvalue weighted by Crippen LogP contribution is -2.32. The highest BCUT2D eigenvalue weighted by molar-refractivity contribution is 7.16. The maximum absolute atomic E-state index is 12.0.